The summed E-state index contributed by atoms with van der Waals surface area (Å²) in [6, 6.07) is 10.9. The quantitative estimate of drug-likeness (QED) is 0.629. The van der Waals surface area contributed by atoms with Crippen molar-refractivity contribution in [1.82, 2.24) is 19.9 Å². The number of anilines is 3. The molecule has 1 aliphatic rings. The first-order valence-electron chi connectivity index (χ1n) is 10.4. The van der Waals surface area contributed by atoms with Gasteiger partial charge in [-0.3, -0.25) is 4.79 Å². The average Bonchev–Trinajstić information content (AvgIpc) is 2.78. The van der Waals surface area contributed by atoms with Crippen LogP contribution in [0.3, 0.4) is 0 Å². The SMILES string of the molecule is COc1ccc(Cl)cc1C(=O)N1CCN(c2cc(Nc3cc(C)ccn3)nc(C)n2)CC1. The lowest BCUT2D eigenvalue weighted by atomic mass is 10.1. The number of hydrogen-bond donors (Lipinski definition) is 1. The molecule has 2 aromatic heterocycles. The minimum Gasteiger partial charge on any atom is -0.496 e. The van der Waals surface area contributed by atoms with Gasteiger partial charge in [0.2, 0.25) is 0 Å². The summed E-state index contributed by atoms with van der Waals surface area (Å²) in [5.74, 6) is 3.34. The second kappa shape index (κ2) is 9.40. The van der Waals surface area contributed by atoms with E-state index < -0.39 is 0 Å². The summed E-state index contributed by atoms with van der Waals surface area (Å²) >= 11 is 6.10. The lowest BCUT2D eigenvalue weighted by molar-refractivity contribution is 0.0743. The molecule has 1 aromatic carbocycles. The van der Waals surface area contributed by atoms with Crippen LogP contribution >= 0.6 is 11.6 Å². The van der Waals surface area contributed by atoms with Crippen LogP contribution in [0, 0.1) is 13.8 Å². The molecule has 3 heterocycles. The molecule has 0 bridgehead atoms. The normalized spacial score (nSPS) is 13.8. The number of carbonyl (C=O) groups excluding carboxylic acids is 1. The van der Waals surface area contributed by atoms with E-state index in [4.69, 9.17) is 16.3 Å². The lowest BCUT2D eigenvalue weighted by Crippen LogP contribution is -2.49. The summed E-state index contributed by atoms with van der Waals surface area (Å²) < 4.78 is 5.34. The Kier molecular flexibility index (Phi) is 6.41. The Labute approximate surface area is 192 Å². The molecule has 1 fully saturated rings. The molecule has 0 unspecified atom stereocenters. The van der Waals surface area contributed by atoms with Crippen LogP contribution in [0.2, 0.25) is 5.02 Å². The maximum atomic E-state index is 13.0. The molecule has 0 aliphatic carbocycles. The van der Waals surface area contributed by atoms with Gasteiger partial charge >= 0.3 is 0 Å². The number of pyridine rings is 1. The Hall–Kier alpha value is -3.39. The van der Waals surface area contributed by atoms with E-state index in [1.54, 1.807) is 31.5 Å². The predicted molar refractivity (Wildman–Crippen MR) is 125 cm³/mol. The van der Waals surface area contributed by atoms with Crippen LogP contribution < -0.4 is 15.0 Å². The van der Waals surface area contributed by atoms with Crippen LogP contribution in [-0.2, 0) is 0 Å². The number of halogens is 1. The third-order valence-electron chi connectivity index (χ3n) is 5.28. The highest BCUT2D eigenvalue weighted by atomic mass is 35.5. The second-order valence-electron chi connectivity index (χ2n) is 7.63. The molecular formula is C23H25ClN6O2. The first kappa shape index (κ1) is 21.8. The summed E-state index contributed by atoms with van der Waals surface area (Å²) in [6.45, 7) is 6.34. The van der Waals surface area contributed by atoms with Gasteiger partial charge in [-0.15, -0.1) is 0 Å². The molecule has 9 heteroatoms. The van der Waals surface area contributed by atoms with Gasteiger partial charge in [0.25, 0.3) is 5.91 Å². The standard InChI is InChI=1S/C23H25ClN6O2/c1-15-6-7-25-20(12-15)28-21-14-22(27-16(2)26-21)29-8-10-30(11-9-29)23(31)18-13-17(24)4-5-19(18)32-3/h4-7,12-14H,8-11H2,1-3H3,(H,25,26,27,28). The number of benzene rings is 1. The summed E-state index contributed by atoms with van der Waals surface area (Å²) in [7, 11) is 1.55. The minimum atomic E-state index is -0.0873. The lowest BCUT2D eigenvalue weighted by Gasteiger charge is -2.35. The molecular weight excluding hydrogens is 428 g/mol. The van der Waals surface area contributed by atoms with Gasteiger partial charge < -0.3 is 19.9 Å². The highest BCUT2D eigenvalue weighted by molar-refractivity contribution is 6.31. The largest absolute Gasteiger partial charge is 0.496 e. The summed E-state index contributed by atoms with van der Waals surface area (Å²) in [6.07, 6.45) is 1.76. The van der Waals surface area contributed by atoms with Crippen molar-refractivity contribution in [2.24, 2.45) is 0 Å². The fraction of sp³-hybridized carbons (Fsp3) is 0.304. The number of amides is 1. The van der Waals surface area contributed by atoms with Crippen molar-refractivity contribution in [2.75, 3.05) is 43.5 Å². The van der Waals surface area contributed by atoms with Crippen molar-refractivity contribution in [3.05, 3.63) is 64.6 Å². The topological polar surface area (TPSA) is 83.5 Å². The molecule has 4 rings (SSSR count). The molecule has 1 amide bonds. The van der Waals surface area contributed by atoms with E-state index in [1.165, 1.54) is 0 Å². The zero-order chi connectivity index (χ0) is 22.7. The Morgan fingerprint density at radius 3 is 2.53 bits per heavy atom. The molecule has 166 valence electrons. The van der Waals surface area contributed by atoms with Gasteiger partial charge in [0.15, 0.2) is 0 Å². The Bertz CT molecular complexity index is 1130. The van der Waals surface area contributed by atoms with E-state index in [-0.39, 0.29) is 5.91 Å². The number of piperazine rings is 1. The average molecular weight is 453 g/mol. The van der Waals surface area contributed by atoms with Gasteiger partial charge in [0, 0.05) is 43.5 Å². The zero-order valence-corrected chi connectivity index (χ0v) is 19.1. The van der Waals surface area contributed by atoms with Gasteiger partial charge in [-0.25, -0.2) is 15.0 Å². The molecule has 32 heavy (non-hydrogen) atoms. The van der Waals surface area contributed by atoms with Crippen LogP contribution in [0.5, 0.6) is 5.75 Å². The zero-order valence-electron chi connectivity index (χ0n) is 18.3. The molecule has 1 N–H and O–H groups in total. The van der Waals surface area contributed by atoms with E-state index >= 15 is 0 Å². The number of aryl methyl sites for hydroxylation is 2. The van der Waals surface area contributed by atoms with Crippen molar-refractivity contribution >= 4 is 35.0 Å². The smallest absolute Gasteiger partial charge is 0.257 e. The maximum absolute atomic E-state index is 13.0. The van der Waals surface area contributed by atoms with Gasteiger partial charge in [0.1, 0.15) is 29.0 Å². The number of hydrogen-bond acceptors (Lipinski definition) is 7. The van der Waals surface area contributed by atoms with Crippen molar-refractivity contribution < 1.29 is 9.53 Å². The van der Waals surface area contributed by atoms with Crippen LogP contribution in [0.4, 0.5) is 17.5 Å². The summed E-state index contributed by atoms with van der Waals surface area (Å²) in [5, 5.41) is 3.76. The monoisotopic (exact) mass is 452 g/mol. The van der Waals surface area contributed by atoms with Gasteiger partial charge in [0.05, 0.1) is 12.7 Å². The molecule has 0 radical (unpaired) electrons. The molecule has 0 atom stereocenters. The highest BCUT2D eigenvalue weighted by Crippen LogP contribution is 2.26. The van der Waals surface area contributed by atoms with Crippen molar-refractivity contribution in [3.8, 4) is 5.75 Å². The van der Waals surface area contributed by atoms with Gasteiger partial charge in [-0.05, 0) is 49.7 Å². The van der Waals surface area contributed by atoms with Crippen molar-refractivity contribution in [1.29, 1.82) is 0 Å². The summed E-state index contributed by atoms with van der Waals surface area (Å²) in [5.41, 5.74) is 1.59. The molecule has 0 saturated carbocycles. The minimum absolute atomic E-state index is 0.0873. The molecule has 1 saturated heterocycles. The van der Waals surface area contributed by atoms with Crippen LogP contribution in [-0.4, -0.2) is 59.0 Å². The number of carbonyl (C=O) groups is 1. The van der Waals surface area contributed by atoms with Gasteiger partial charge in [-0.2, -0.15) is 0 Å². The Morgan fingerprint density at radius 2 is 1.81 bits per heavy atom. The van der Waals surface area contributed by atoms with E-state index in [0.717, 1.165) is 17.2 Å². The maximum Gasteiger partial charge on any atom is 0.257 e. The van der Waals surface area contributed by atoms with E-state index in [0.29, 0.717) is 54.2 Å². The first-order chi connectivity index (χ1) is 15.4. The first-order valence-corrected chi connectivity index (χ1v) is 10.7. The van der Waals surface area contributed by atoms with Crippen LogP contribution in [0.1, 0.15) is 21.7 Å². The number of rotatable bonds is 5. The Balaban J connectivity index is 1.46. The molecule has 8 nitrogen and oxygen atoms in total. The third-order valence-corrected chi connectivity index (χ3v) is 5.51. The number of nitrogens with one attached hydrogen (secondary N) is 1. The van der Waals surface area contributed by atoms with Crippen molar-refractivity contribution in [3.63, 3.8) is 0 Å². The van der Waals surface area contributed by atoms with Crippen molar-refractivity contribution in [2.45, 2.75) is 13.8 Å². The molecule has 3 aromatic rings. The third kappa shape index (κ3) is 4.91. The second-order valence-corrected chi connectivity index (χ2v) is 8.06. The highest BCUT2D eigenvalue weighted by Gasteiger charge is 2.25. The predicted octanol–water partition coefficient (Wildman–Crippen LogP) is 3.86. The fourth-order valence-electron chi connectivity index (χ4n) is 3.67. The van der Waals surface area contributed by atoms with E-state index in [1.807, 2.05) is 36.9 Å². The molecule has 0 spiro atoms. The fourth-order valence-corrected chi connectivity index (χ4v) is 3.84. The van der Waals surface area contributed by atoms with Gasteiger partial charge in [-0.1, -0.05) is 11.6 Å². The summed E-state index contributed by atoms with van der Waals surface area (Å²) in [4.78, 5) is 30.4. The number of ether oxygens (including phenoxy) is 1. The number of nitrogens with zero attached hydrogens (tertiary/aromatic N) is 5. The van der Waals surface area contributed by atoms with Crippen LogP contribution in [0.15, 0.2) is 42.6 Å². The van der Waals surface area contributed by atoms with E-state index in [9.17, 15) is 4.79 Å². The molecule has 1 aliphatic heterocycles. The Morgan fingerprint density at radius 1 is 1.03 bits per heavy atom. The number of aromatic nitrogens is 3. The number of methoxy groups -OCH3 is 1. The van der Waals surface area contributed by atoms with Crippen LogP contribution in [0.25, 0.3) is 0 Å². The van der Waals surface area contributed by atoms with E-state index in [2.05, 4.69) is 25.2 Å².